The van der Waals surface area contributed by atoms with Gasteiger partial charge in [0.05, 0.1) is 24.2 Å². The zero-order valence-corrected chi connectivity index (χ0v) is 16.4. The quantitative estimate of drug-likeness (QED) is 0.789. The van der Waals surface area contributed by atoms with Crippen LogP contribution < -0.4 is 9.75 Å². The van der Waals surface area contributed by atoms with Crippen molar-refractivity contribution in [2.75, 3.05) is 25.2 Å². The third kappa shape index (κ3) is 3.24. The minimum Gasteiger partial charge on any atom is -0.497 e. The summed E-state index contributed by atoms with van der Waals surface area (Å²) in [5.41, 5.74) is 1.39. The van der Waals surface area contributed by atoms with Gasteiger partial charge >= 0.3 is 0 Å². The number of carbonyl (C=O) groups excluding carboxylic acids is 1. The Labute approximate surface area is 164 Å². The molecule has 0 aliphatic carbocycles. The average molecular weight is 399 g/mol. The first-order valence-electron chi connectivity index (χ1n) is 9.13. The number of nitrogens with zero attached hydrogens (tertiary/aromatic N) is 3. The van der Waals surface area contributed by atoms with Gasteiger partial charge in [-0.2, -0.15) is 5.10 Å². The highest BCUT2D eigenvalue weighted by Gasteiger charge is 2.39. The lowest BCUT2D eigenvalue weighted by molar-refractivity contribution is -0.122. The second kappa shape index (κ2) is 7.27. The van der Waals surface area contributed by atoms with Crippen LogP contribution in [-0.2, 0) is 21.2 Å². The van der Waals surface area contributed by atoms with E-state index in [1.54, 1.807) is 35.2 Å². The largest absolute Gasteiger partial charge is 0.497 e. The number of fused-ring (bicyclic) bond motifs is 1. The van der Waals surface area contributed by atoms with Crippen LogP contribution in [0.4, 0.5) is 5.69 Å². The molecule has 0 saturated carbocycles. The summed E-state index contributed by atoms with van der Waals surface area (Å²) in [6, 6.07) is 14.1. The molecule has 4 rings (SSSR count). The molecule has 2 aliphatic heterocycles. The van der Waals surface area contributed by atoms with E-state index in [1.807, 2.05) is 24.3 Å². The molecule has 0 bridgehead atoms. The van der Waals surface area contributed by atoms with E-state index < -0.39 is 20.8 Å². The Morgan fingerprint density at radius 3 is 2.43 bits per heavy atom. The highest BCUT2D eigenvalue weighted by atomic mass is 32.2. The summed E-state index contributed by atoms with van der Waals surface area (Å²) < 4.78 is 31.3. The van der Waals surface area contributed by atoms with Crippen LogP contribution in [0.1, 0.15) is 18.4 Å². The molecule has 1 amide bonds. The maximum atomic E-state index is 13.1. The molecule has 2 aromatic carbocycles. The van der Waals surface area contributed by atoms with Gasteiger partial charge in [-0.15, -0.1) is 0 Å². The maximum absolute atomic E-state index is 13.1. The molecule has 0 aromatic heterocycles. The molecule has 28 heavy (non-hydrogen) atoms. The van der Waals surface area contributed by atoms with E-state index >= 15 is 0 Å². The summed E-state index contributed by atoms with van der Waals surface area (Å²) in [6.07, 6.45) is 1.76. The lowest BCUT2D eigenvalue weighted by atomic mass is 10.2. The van der Waals surface area contributed by atoms with E-state index in [-0.39, 0.29) is 4.90 Å². The normalized spacial score (nSPS) is 17.8. The highest BCUT2D eigenvalue weighted by molar-refractivity contribution is 8.08. The number of hydrogen-bond donors (Lipinski definition) is 0. The van der Waals surface area contributed by atoms with Gasteiger partial charge in [0, 0.05) is 13.1 Å². The minimum absolute atomic E-state index is 0.112. The first-order valence-corrected chi connectivity index (χ1v) is 10.6. The molecule has 0 radical (unpaired) electrons. The van der Waals surface area contributed by atoms with Gasteiger partial charge < -0.3 is 9.64 Å². The molecule has 8 heteroatoms. The minimum atomic E-state index is -3.96. The fourth-order valence-corrected chi connectivity index (χ4v) is 4.94. The highest BCUT2D eigenvalue weighted by Crippen LogP contribution is 2.33. The van der Waals surface area contributed by atoms with Gasteiger partial charge in [-0.3, -0.25) is 9.80 Å². The number of para-hydroxylation sites is 1. The standard InChI is InChI=1S/C20H21N3O4S/c1-27-16-10-8-15(9-11-16)14-23-17-6-2-3-7-18(17)28(25,26)19(21-23)20(24)22-12-4-5-13-22/h2-3,6-11H,4-5,12-14H2,1H3. The number of carbonyl (C=O) groups is 1. The van der Waals surface area contributed by atoms with Crippen LogP contribution in [-0.4, -0.2) is 44.5 Å². The molecule has 0 spiro atoms. The van der Waals surface area contributed by atoms with E-state index in [9.17, 15) is 13.2 Å². The topological polar surface area (TPSA) is 79.3 Å². The number of hydrazone groups is 1. The Hall–Kier alpha value is -2.87. The van der Waals surface area contributed by atoms with E-state index in [0.717, 1.165) is 24.2 Å². The lowest BCUT2D eigenvalue weighted by Crippen LogP contribution is -2.42. The SMILES string of the molecule is COc1ccc(CN2N=C(C(=O)N3CCCC3)S(=O)(=O)c3ccccc32)cc1. The number of rotatable bonds is 4. The van der Waals surface area contributed by atoms with E-state index in [2.05, 4.69) is 5.10 Å². The van der Waals surface area contributed by atoms with Crippen molar-refractivity contribution in [1.82, 2.24) is 4.90 Å². The maximum Gasteiger partial charge on any atom is 0.286 e. The lowest BCUT2D eigenvalue weighted by Gasteiger charge is -2.28. The van der Waals surface area contributed by atoms with Crippen molar-refractivity contribution in [3.63, 3.8) is 0 Å². The van der Waals surface area contributed by atoms with Crippen LogP contribution in [0.25, 0.3) is 0 Å². The van der Waals surface area contributed by atoms with Gasteiger partial charge in [-0.1, -0.05) is 24.3 Å². The fraction of sp³-hybridized carbons (Fsp3) is 0.300. The summed E-state index contributed by atoms with van der Waals surface area (Å²) in [7, 11) is -2.36. The summed E-state index contributed by atoms with van der Waals surface area (Å²) in [5.74, 6) is 0.213. The summed E-state index contributed by atoms with van der Waals surface area (Å²) in [6.45, 7) is 1.47. The molecule has 1 saturated heterocycles. The van der Waals surface area contributed by atoms with Gasteiger partial charge in [-0.05, 0) is 42.7 Å². The number of sulfone groups is 1. The van der Waals surface area contributed by atoms with Crippen molar-refractivity contribution in [1.29, 1.82) is 0 Å². The molecular formula is C20H21N3O4S. The molecule has 2 aromatic rings. The van der Waals surface area contributed by atoms with E-state index in [0.29, 0.717) is 25.3 Å². The zero-order valence-electron chi connectivity index (χ0n) is 15.5. The average Bonchev–Trinajstić information content (AvgIpc) is 3.25. The number of ether oxygens (including phenoxy) is 1. The van der Waals surface area contributed by atoms with Crippen molar-refractivity contribution in [2.45, 2.75) is 24.3 Å². The number of methoxy groups -OCH3 is 1. The molecule has 0 atom stereocenters. The molecule has 0 unspecified atom stereocenters. The van der Waals surface area contributed by atoms with E-state index in [4.69, 9.17) is 4.74 Å². The number of likely N-dealkylation sites (tertiary alicyclic amines) is 1. The van der Waals surface area contributed by atoms with Crippen molar-refractivity contribution in [2.24, 2.45) is 5.10 Å². The molecule has 2 heterocycles. The summed E-state index contributed by atoms with van der Waals surface area (Å²) >= 11 is 0. The molecular weight excluding hydrogens is 378 g/mol. The Morgan fingerprint density at radius 2 is 1.75 bits per heavy atom. The van der Waals surface area contributed by atoms with Gasteiger partial charge in [-0.25, -0.2) is 8.42 Å². The molecule has 1 fully saturated rings. The predicted molar refractivity (Wildman–Crippen MR) is 106 cm³/mol. The van der Waals surface area contributed by atoms with Crippen molar-refractivity contribution >= 4 is 26.5 Å². The predicted octanol–water partition coefficient (Wildman–Crippen LogP) is 2.43. The first kappa shape index (κ1) is 18.5. The monoisotopic (exact) mass is 399 g/mol. The second-order valence-electron chi connectivity index (χ2n) is 6.78. The van der Waals surface area contributed by atoms with Gasteiger partial charge in [0.2, 0.25) is 14.9 Å². The Kier molecular flexibility index (Phi) is 4.80. The second-order valence-corrected chi connectivity index (χ2v) is 8.61. The number of amides is 1. The Bertz CT molecular complexity index is 1030. The molecule has 2 aliphatic rings. The molecule has 146 valence electrons. The smallest absolute Gasteiger partial charge is 0.286 e. The number of anilines is 1. The van der Waals surface area contributed by atoms with Crippen LogP contribution >= 0.6 is 0 Å². The number of hydrogen-bond acceptors (Lipinski definition) is 6. The zero-order chi connectivity index (χ0) is 19.7. The van der Waals surface area contributed by atoms with Crippen LogP contribution in [0.5, 0.6) is 5.75 Å². The third-order valence-corrected chi connectivity index (χ3v) is 6.66. The van der Waals surface area contributed by atoms with Crippen molar-refractivity contribution in [3.8, 4) is 5.75 Å². The Morgan fingerprint density at radius 1 is 1.07 bits per heavy atom. The fourth-order valence-electron chi connectivity index (χ4n) is 3.46. The molecule has 7 nitrogen and oxygen atoms in total. The Balaban J connectivity index is 1.74. The summed E-state index contributed by atoms with van der Waals surface area (Å²) in [4.78, 5) is 14.6. The van der Waals surface area contributed by atoms with Crippen LogP contribution in [0.2, 0.25) is 0 Å². The van der Waals surface area contributed by atoms with Gasteiger partial charge in [0.15, 0.2) is 0 Å². The number of benzene rings is 2. The van der Waals surface area contributed by atoms with Crippen molar-refractivity contribution < 1.29 is 17.9 Å². The van der Waals surface area contributed by atoms with Crippen LogP contribution in [0.15, 0.2) is 58.5 Å². The van der Waals surface area contributed by atoms with Gasteiger partial charge in [0.1, 0.15) is 5.75 Å². The van der Waals surface area contributed by atoms with Gasteiger partial charge in [0.25, 0.3) is 5.91 Å². The third-order valence-electron chi connectivity index (χ3n) is 4.97. The van der Waals surface area contributed by atoms with Crippen LogP contribution in [0, 0.1) is 0 Å². The van der Waals surface area contributed by atoms with E-state index in [1.165, 1.54) is 6.07 Å². The molecule has 0 N–H and O–H groups in total. The van der Waals surface area contributed by atoms with Crippen molar-refractivity contribution in [3.05, 3.63) is 54.1 Å². The first-order chi connectivity index (χ1) is 13.5. The summed E-state index contributed by atoms with van der Waals surface area (Å²) in [5, 5.41) is 5.48. The van der Waals surface area contributed by atoms with Crippen LogP contribution in [0.3, 0.4) is 0 Å².